The highest BCUT2D eigenvalue weighted by molar-refractivity contribution is 6.30. The summed E-state index contributed by atoms with van der Waals surface area (Å²) in [6.45, 7) is 2.41. The number of halogens is 1. The number of hydrogen-bond acceptors (Lipinski definition) is 4. The molecular weight excluding hydrogens is 342 g/mol. The first-order valence-electron chi connectivity index (χ1n) is 9.02. The zero-order valence-electron chi connectivity index (χ0n) is 14.5. The molecule has 0 spiro atoms. The summed E-state index contributed by atoms with van der Waals surface area (Å²) in [5, 5.41) is 11.5. The van der Waals surface area contributed by atoms with E-state index in [0.29, 0.717) is 37.6 Å². The van der Waals surface area contributed by atoms with Gasteiger partial charge >= 0.3 is 0 Å². The number of likely N-dealkylation sites (tertiary alicyclic amines) is 1. The van der Waals surface area contributed by atoms with Crippen molar-refractivity contribution in [3.8, 4) is 0 Å². The molecule has 1 amide bonds. The first-order valence-corrected chi connectivity index (χ1v) is 9.40. The largest absolute Gasteiger partial charge is 0.385 e. The Morgan fingerprint density at radius 1 is 1.28 bits per heavy atom. The molecule has 0 unspecified atom stereocenters. The van der Waals surface area contributed by atoms with Gasteiger partial charge in [0.15, 0.2) is 0 Å². The number of carbonyl (C=O) groups is 1. The maximum absolute atomic E-state index is 12.3. The highest BCUT2D eigenvalue weighted by Gasteiger charge is 2.35. The Morgan fingerprint density at radius 2 is 2.00 bits per heavy atom. The Morgan fingerprint density at radius 3 is 2.64 bits per heavy atom. The van der Waals surface area contributed by atoms with E-state index >= 15 is 0 Å². The van der Waals surface area contributed by atoms with Crippen LogP contribution in [0.3, 0.4) is 0 Å². The Labute approximate surface area is 153 Å². The normalized spacial score (nSPS) is 23.4. The van der Waals surface area contributed by atoms with E-state index in [2.05, 4.69) is 0 Å². The summed E-state index contributed by atoms with van der Waals surface area (Å²) in [6.07, 6.45) is 4.44. The van der Waals surface area contributed by atoms with E-state index in [1.165, 1.54) is 0 Å². The average Bonchev–Trinajstić information content (AvgIpc) is 2.63. The quantitative estimate of drug-likeness (QED) is 0.869. The highest BCUT2D eigenvalue weighted by atomic mass is 35.5. The number of hydrogen-bond donors (Lipinski definition) is 1. The predicted molar refractivity (Wildman–Crippen MR) is 95.6 cm³/mol. The number of rotatable bonds is 5. The standard InChI is InChI=1S/C19H26ClNO4/c20-16-6-4-15(5-7-16)19(23)8-10-21(11-9-19)18(22)14-24-13-17-3-1-2-12-25-17/h4-7,17,23H,1-3,8-14H2/t17-/m0/s1. The van der Waals surface area contributed by atoms with Crippen LogP contribution >= 0.6 is 11.6 Å². The van der Waals surface area contributed by atoms with Crippen molar-refractivity contribution in [2.75, 3.05) is 32.9 Å². The summed E-state index contributed by atoms with van der Waals surface area (Å²) in [5.74, 6) is -0.0195. The van der Waals surface area contributed by atoms with Crippen molar-refractivity contribution in [1.82, 2.24) is 4.90 Å². The molecule has 138 valence electrons. The Bertz CT molecular complexity index is 563. The van der Waals surface area contributed by atoms with Gasteiger partial charge in [0, 0.05) is 24.7 Å². The van der Waals surface area contributed by atoms with Gasteiger partial charge in [-0.3, -0.25) is 4.79 Å². The predicted octanol–water partition coefficient (Wildman–Crippen LogP) is 2.74. The summed E-state index contributed by atoms with van der Waals surface area (Å²) < 4.78 is 11.1. The molecular formula is C19H26ClNO4. The first-order chi connectivity index (χ1) is 12.1. The number of amides is 1. The maximum Gasteiger partial charge on any atom is 0.248 e. The summed E-state index contributed by atoms with van der Waals surface area (Å²) >= 11 is 5.91. The molecule has 2 aliphatic rings. The lowest BCUT2D eigenvalue weighted by Gasteiger charge is -2.38. The lowest BCUT2D eigenvalue weighted by molar-refractivity contribution is -0.142. The number of carbonyl (C=O) groups excluding carboxylic acids is 1. The van der Waals surface area contributed by atoms with E-state index in [-0.39, 0.29) is 18.6 Å². The molecule has 1 N–H and O–H groups in total. The monoisotopic (exact) mass is 367 g/mol. The average molecular weight is 368 g/mol. The first kappa shape index (κ1) is 18.6. The molecule has 2 heterocycles. The molecule has 2 aliphatic heterocycles. The maximum atomic E-state index is 12.3. The summed E-state index contributed by atoms with van der Waals surface area (Å²) in [6, 6.07) is 7.28. The van der Waals surface area contributed by atoms with E-state index in [0.717, 1.165) is 31.4 Å². The van der Waals surface area contributed by atoms with Crippen molar-refractivity contribution in [3.05, 3.63) is 34.9 Å². The molecule has 2 saturated heterocycles. The molecule has 0 aromatic heterocycles. The van der Waals surface area contributed by atoms with Crippen molar-refractivity contribution in [2.45, 2.75) is 43.8 Å². The topological polar surface area (TPSA) is 59.0 Å². The van der Waals surface area contributed by atoms with E-state index in [4.69, 9.17) is 21.1 Å². The SMILES string of the molecule is O=C(COC[C@@H]1CCCCO1)N1CCC(O)(c2ccc(Cl)cc2)CC1. The van der Waals surface area contributed by atoms with Crippen LogP contribution in [-0.2, 0) is 19.9 Å². The molecule has 2 fully saturated rings. The minimum absolute atomic E-state index is 0.0195. The number of benzene rings is 1. The summed E-state index contributed by atoms with van der Waals surface area (Å²) in [7, 11) is 0. The van der Waals surface area contributed by atoms with Gasteiger partial charge in [0.1, 0.15) is 6.61 Å². The Balaban J connectivity index is 1.43. The number of aliphatic hydroxyl groups is 1. The van der Waals surface area contributed by atoms with Crippen molar-refractivity contribution < 1.29 is 19.4 Å². The third-order valence-corrected chi connectivity index (χ3v) is 5.38. The van der Waals surface area contributed by atoms with Crippen LogP contribution in [0.1, 0.15) is 37.7 Å². The van der Waals surface area contributed by atoms with Gasteiger partial charge in [-0.25, -0.2) is 0 Å². The van der Waals surface area contributed by atoms with Crippen LogP contribution in [-0.4, -0.2) is 54.9 Å². The fraction of sp³-hybridized carbons (Fsp3) is 0.632. The third-order valence-electron chi connectivity index (χ3n) is 5.13. The van der Waals surface area contributed by atoms with Crippen LogP contribution < -0.4 is 0 Å². The van der Waals surface area contributed by atoms with Gasteiger partial charge in [-0.2, -0.15) is 0 Å². The molecule has 6 heteroatoms. The van der Waals surface area contributed by atoms with Gasteiger partial charge in [0.25, 0.3) is 0 Å². The molecule has 5 nitrogen and oxygen atoms in total. The summed E-state index contributed by atoms with van der Waals surface area (Å²) in [4.78, 5) is 14.1. The Kier molecular flexibility index (Phi) is 6.34. The van der Waals surface area contributed by atoms with Gasteiger partial charge in [0.05, 0.1) is 18.3 Å². The molecule has 1 aromatic rings. The van der Waals surface area contributed by atoms with Crippen LogP contribution in [0.2, 0.25) is 5.02 Å². The molecule has 0 aliphatic carbocycles. The van der Waals surface area contributed by atoms with Crippen molar-refractivity contribution >= 4 is 17.5 Å². The molecule has 3 rings (SSSR count). The second kappa shape index (κ2) is 8.49. The highest BCUT2D eigenvalue weighted by Crippen LogP contribution is 2.33. The molecule has 25 heavy (non-hydrogen) atoms. The van der Waals surface area contributed by atoms with Crippen LogP contribution in [0, 0.1) is 0 Å². The summed E-state index contributed by atoms with van der Waals surface area (Å²) in [5.41, 5.74) is -0.0345. The molecule has 1 aromatic carbocycles. The second-order valence-corrected chi connectivity index (χ2v) is 7.36. The van der Waals surface area contributed by atoms with E-state index in [9.17, 15) is 9.90 Å². The van der Waals surface area contributed by atoms with Crippen molar-refractivity contribution in [1.29, 1.82) is 0 Å². The molecule has 1 atom stereocenters. The van der Waals surface area contributed by atoms with Crippen LogP contribution in [0.4, 0.5) is 0 Å². The van der Waals surface area contributed by atoms with Gasteiger partial charge < -0.3 is 19.5 Å². The third kappa shape index (κ3) is 4.94. The Hall–Kier alpha value is -1.14. The minimum atomic E-state index is -0.891. The minimum Gasteiger partial charge on any atom is -0.385 e. The fourth-order valence-electron chi connectivity index (χ4n) is 3.48. The zero-order valence-corrected chi connectivity index (χ0v) is 15.2. The smallest absolute Gasteiger partial charge is 0.248 e. The van der Waals surface area contributed by atoms with Crippen molar-refractivity contribution in [2.24, 2.45) is 0 Å². The lowest BCUT2D eigenvalue weighted by atomic mass is 9.84. The molecule has 0 bridgehead atoms. The number of nitrogens with zero attached hydrogens (tertiary/aromatic N) is 1. The zero-order chi connectivity index (χ0) is 17.7. The fourth-order valence-corrected chi connectivity index (χ4v) is 3.61. The van der Waals surface area contributed by atoms with Crippen molar-refractivity contribution in [3.63, 3.8) is 0 Å². The molecule has 0 saturated carbocycles. The number of piperidine rings is 1. The lowest BCUT2D eigenvalue weighted by Crippen LogP contribution is -2.46. The van der Waals surface area contributed by atoms with Gasteiger partial charge in [-0.15, -0.1) is 0 Å². The number of ether oxygens (including phenoxy) is 2. The van der Waals surface area contributed by atoms with Gasteiger partial charge in [-0.1, -0.05) is 23.7 Å². The van der Waals surface area contributed by atoms with E-state index in [1.54, 1.807) is 17.0 Å². The van der Waals surface area contributed by atoms with Gasteiger partial charge in [0.2, 0.25) is 5.91 Å². The molecule has 0 radical (unpaired) electrons. The van der Waals surface area contributed by atoms with Crippen LogP contribution in [0.25, 0.3) is 0 Å². The second-order valence-electron chi connectivity index (χ2n) is 6.92. The van der Waals surface area contributed by atoms with Crippen LogP contribution in [0.5, 0.6) is 0 Å². The van der Waals surface area contributed by atoms with E-state index < -0.39 is 5.60 Å². The van der Waals surface area contributed by atoms with Crippen LogP contribution in [0.15, 0.2) is 24.3 Å². The van der Waals surface area contributed by atoms with E-state index in [1.807, 2.05) is 12.1 Å². The van der Waals surface area contributed by atoms with Gasteiger partial charge in [-0.05, 0) is 49.8 Å².